The van der Waals surface area contributed by atoms with Crippen LogP contribution in [-0.2, 0) is 0 Å². The van der Waals surface area contributed by atoms with Crippen molar-refractivity contribution in [2.45, 2.75) is 0 Å². The predicted octanol–water partition coefficient (Wildman–Crippen LogP) is 12.0. The first-order valence-corrected chi connectivity index (χ1v) is 13.3. The van der Waals surface area contributed by atoms with E-state index >= 15 is 0 Å². The molecule has 0 aliphatic carbocycles. The molecule has 0 fully saturated rings. The van der Waals surface area contributed by atoms with E-state index in [9.17, 15) is 4.11 Å². The molecule has 0 atom stereocenters. The highest BCUT2D eigenvalue weighted by molar-refractivity contribution is 6.27. The SMILES string of the molecule is [2H]c1c([2H])c([2H])c(-c2c([2H])c([2H])c(-c3c4ccccc4c(-c4c([2H])c([2H])c([2H])c5c([2H])c([2H])c([2H])c([2H])c45)c4ccccc34)c3c2oc2c([2H])c([2H])c([2H])c([2H])c23)c([2H])c1[2H]. The molecule has 1 heteroatoms. The van der Waals surface area contributed by atoms with Crippen molar-refractivity contribution in [3.63, 3.8) is 0 Å². The lowest BCUT2D eigenvalue weighted by Crippen LogP contribution is -1.92. The van der Waals surface area contributed by atoms with E-state index in [2.05, 4.69) is 0 Å². The molecule has 1 heterocycles. The van der Waals surface area contributed by atoms with Gasteiger partial charge in [0.15, 0.2) is 0 Å². The van der Waals surface area contributed by atoms with Crippen molar-refractivity contribution in [1.82, 2.24) is 0 Å². The smallest absolute Gasteiger partial charge is 0.143 e. The van der Waals surface area contributed by atoms with Crippen LogP contribution in [0.2, 0.25) is 0 Å². The Labute approximate surface area is 274 Å². The summed E-state index contributed by atoms with van der Waals surface area (Å²) in [5.41, 5.74) is -1.23. The number of benzene rings is 8. The zero-order chi connectivity index (χ0) is 44.0. The van der Waals surface area contributed by atoms with Crippen LogP contribution >= 0.6 is 0 Å². The molecule has 0 N–H and O–H groups in total. The standard InChI is InChI=1S/C42H26O/c1-2-13-28(14-3-1)30-25-26-37(41-36-22-10-11-24-38(36)43-42(30)41)40-34-20-8-6-18-32(34)39(33-19-7-9-21-35(33)40)31-23-12-16-27-15-4-5-17-29(27)31/h1-26H/i1D,2D,3D,4D,5D,10D,11D,12D,13D,14D,15D,16D,17D,22D,23D,24D,25D,26D. The molecule has 1 nitrogen and oxygen atoms in total. The Balaban J connectivity index is 1.56. The molecule has 0 saturated carbocycles. The van der Waals surface area contributed by atoms with Crippen molar-refractivity contribution in [3.8, 4) is 33.4 Å². The molecular weight excluding hydrogens is 520 g/mol. The minimum atomic E-state index is -0.729. The first kappa shape index (κ1) is 12.3. The maximum absolute atomic E-state index is 9.75. The summed E-state index contributed by atoms with van der Waals surface area (Å²) in [6.07, 6.45) is 0. The van der Waals surface area contributed by atoms with Crippen molar-refractivity contribution in [3.05, 3.63) is 157 Å². The summed E-state index contributed by atoms with van der Waals surface area (Å²) >= 11 is 0. The second-order valence-electron chi connectivity index (χ2n) is 9.85. The van der Waals surface area contributed by atoms with Crippen LogP contribution < -0.4 is 0 Å². The summed E-state index contributed by atoms with van der Waals surface area (Å²) in [5, 5.41) is 0.652. The van der Waals surface area contributed by atoms with Crippen molar-refractivity contribution in [1.29, 1.82) is 0 Å². The Hall–Kier alpha value is -5.66. The highest BCUT2D eigenvalue weighted by Gasteiger charge is 2.22. The summed E-state index contributed by atoms with van der Waals surface area (Å²) in [5.74, 6) is 0. The molecule has 9 rings (SSSR count). The van der Waals surface area contributed by atoms with E-state index in [1.807, 2.05) is 0 Å². The predicted molar refractivity (Wildman–Crippen MR) is 183 cm³/mol. The number of hydrogen-bond donors (Lipinski definition) is 0. The first-order chi connectivity index (χ1) is 28.8. The lowest BCUT2D eigenvalue weighted by Gasteiger charge is -2.19. The van der Waals surface area contributed by atoms with Gasteiger partial charge in [0.2, 0.25) is 0 Å². The number of hydrogen-bond acceptors (Lipinski definition) is 1. The maximum atomic E-state index is 9.75. The summed E-state index contributed by atoms with van der Waals surface area (Å²) in [6, 6.07) is 2.16. The Bertz CT molecular complexity index is 3420. The fourth-order valence-corrected chi connectivity index (χ4v) is 5.88. The van der Waals surface area contributed by atoms with Gasteiger partial charge in [0, 0.05) is 16.3 Å². The number of fused-ring (bicyclic) bond motifs is 6. The molecule has 0 unspecified atom stereocenters. The molecule has 8 aromatic carbocycles. The van der Waals surface area contributed by atoms with Gasteiger partial charge in [-0.3, -0.25) is 0 Å². The van der Waals surface area contributed by atoms with Crippen molar-refractivity contribution < 1.29 is 29.1 Å². The van der Waals surface area contributed by atoms with Crippen LogP contribution in [0.3, 0.4) is 0 Å². The normalized spacial score (nSPS) is 17.6. The molecule has 0 radical (unpaired) electrons. The number of furan rings is 1. The summed E-state index contributed by atoms with van der Waals surface area (Å²) in [4.78, 5) is 0. The van der Waals surface area contributed by atoms with Crippen LogP contribution in [0.1, 0.15) is 24.7 Å². The third-order valence-corrected chi connectivity index (χ3v) is 7.62. The van der Waals surface area contributed by atoms with E-state index in [1.54, 1.807) is 48.5 Å². The topological polar surface area (TPSA) is 13.1 Å². The Kier molecular flexibility index (Phi) is 2.70. The molecule has 43 heavy (non-hydrogen) atoms. The molecule has 0 saturated heterocycles. The second-order valence-corrected chi connectivity index (χ2v) is 9.85. The molecule has 0 aliphatic rings. The fourth-order valence-electron chi connectivity index (χ4n) is 5.88. The van der Waals surface area contributed by atoms with Gasteiger partial charge in [0.05, 0.1) is 24.7 Å². The second kappa shape index (κ2) is 9.44. The molecule has 200 valence electrons. The van der Waals surface area contributed by atoms with Gasteiger partial charge in [-0.1, -0.05) is 145 Å². The van der Waals surface area contributed by atoms with E-state index in [0.717, 1.165) is 0 Å². The Morgan fingerprint density at radius 1 is 0.419 bits per heavy atom. The van der Waals surface area contributed by atoms with E-state index in [-0.39, 0.29) is 55.0 Å². The van der Waals surface area contributed by atoms with Crippen molar-refractivity contribution >= 4 is 54.3 Å². The van der Waals surface area contributed by atoms with Gasteiger partial charge in [-0.05, 0) is 72.2 Å². The van der Waals surface area contributed by atoms with Crippen LogP contribution in [-0.4, -0.2) is 0 Å². The summed E-state index contributed by atoms with van der Waals surface area (Å²) in [6.45, 7) is 0. The lowest BCUT2D eigenvalue weighted by molar-refractivity contribution is 0.670. The van der Waals surface area contributed by atoms with E-state index in [1.165, 1.54) is 0 Å². The average molecular weight is 565 g/mol. The highest BCUT2D eigenvalue weighted by Crippen LogP contribution is 2.49. The quantitative estimate of drug-likeness (QED) is 0.195. The molecule has 0 amide bonds. The van der Waals surface area contributed by atoms with Crippen LogP contribution in [0, 0.1) is 0 Å². The molecule has 0 spiro atoms. The van der Waals surface area contributed by atoms with Gasteiger partial charge in [-0.15, -0.1) is 0 Å². The minimum absolute atomic E-state index is 0.0567. The van der Waals surface area contributed by atoms with Crippen LogP contribution in [0.25, 0.3) is 87.6 Å². The van der Waals surface area contributed by atoms with E-state index < -0.39 is 120 Å². The average Bonchev–Trinajstić information content (AvgIpc) is 3.65. The largest absolute Gasteiger partial charge is 0.455 e. The van der Waals surface area contributed by atoms with Crippen molar-refractivity contribution in [2.24, 2.45) is 0 Å². The van der Waals surface area contributed by atoms with Gasteiger partial charge in [0.25, 0.3) is 0 Å². The van der Waals surface area contributed by atoms with E-state index in [0.29, 0.717) is 21.5 Å². The number of rotatable bonds is 3. The molecule has 9 aromatic rings. The first-order valence-electron chi connectivity index (χ1n) is 22.3. The lowest BCUT2D eigenvalue weighted by atomic mass is 9.83. The Morgan fingerprint density at radius 3 is 1.70 bits per heavy atom. The Morgan fingerprint density at radius 2 is 0.977 bits per heavy atom. The number of para-hydroxylation sites is 1. The maximum Gasteiger partial charge on any atom is 0.143 e. The zero-order valence-electron chi connectivity index (χ0n) is 40.0. The minimum Gasteiger partial charge on any atom is -0.455 e. The van der Waals surface area contributed by atoms with Gasteiger partial charge < -0.3 is 4.42 Å². The summed E-state index contributed by atoms with van der Waals surface area (Å²) < 4.78 is 165. The van der Waals surface area contributed by atoms with Crippen LogP contribution in [0.4, 0.5) is 0 Å². The monoisotopic (exact) mass is 564 g/mol. The highest BCUT2D eigenvalue weighted by atomic mass is 16.3. The molecule has 0 bridgehead atoms. The van der Waals surface area contributed by atoms with Crippen LogP contribution in [0.5, 0.6) is 0 Å². The molecule has 0 aliphatic heterocycles. The third-order valence-electron chi connectivity index (χ3n) is 7.62. The van der Waals surface area contributed by atoms with Gasteiger partial charge in [-0.2, -0.15) is 0 Å². The fraction of sp³-hybridized carbons (Fsp3) is 0. The zero-order valence-corrected chi connectivity index (χ0v) is 22.0. The van der Waals surface area contributed by atoms with Crippen molar-refractivity contribution in [2.75, 3.05) is 0 Å². The third kappa shape index (κ3) is 3.58. The van der Waals surface area contributed by atoms with E-state index in [4.69, 9.17) is 25.0 Å². The van der Waals surface area contributed by atoms with Gasteiger partial charge in [0.1, 0.15) is 11.2 Å². The summed E-state index contributed by atoms with van der Waals surface area (Å²) in [7, 11) is 0. The molecule has 1 aromatic heterocycles. The van der Waals surface area contributed by atoms with Gasteiger partial charge in [-0.25, -0.2) is 0 Å². The van der Waals surface area contributed by atoms with Gasteiger partial charge >= 0.3 is 0 Å². The molecular formula is C42H26O. The van der Waals surface area contributed by atoms with Crippen LogP contribution in [0.15, 0.2) is 162 Å².